The van der Waals surface area contributed by atoms with Crippen molar-refractivity contribution in [1.82, 2.24) is 25.3 Å². The molecule has 0 saturated carbocycles. The van der Waals surface area contributed by atoms with Crippen molar-refractivity contribution in [3.05, 3.63) is 95.3 Å². The maximum Gasteiger partial charge on any atom is 0.252 e. The van der Waals surface area contributed by atoms with Gasteiger partial charge in [-0.1, -0.05) is 53.2 Å². The van der Waals surface area contributed by atoms with Crippen molar-refractivity contribution in [2.75, 3.05) is 5.32 Å². The van der Waals surface area contributed by atoms with Gasteiger partial charge in [0.1, 0.15) is 12.2 Å². The third kappa shape index (κ3) is 4.57. The van der Waals surface area contributed by atoms with E-state index in [4.69, 9.17) is 11.6 Å². The predicted molar refractivity (Wildman–Crippen MR) is 131 cm³/mol. The van der Waals surface area contributed by atoms with Crippen LogP contribution in [0.15, 0.2) is 79.0 Å². The van der Waals surface area contributed by atoms with Gasteiger partial charge in [0.2, 0.25) is 5.91 Å². The number of anilines is 1. The van der Waals surface area contributed by atoms with Gasteiger partial charge in [-0.25, -0.2) is 9.67 Å². The summed E-state index contributed by atoms with van der Waals surface area (Å²) >= 11 is 5.86. The van der Waals surface area contributed by atoms with E-state index in [2.05, 4.69) is 25.9 Å². The quantitative estimate of drug-likeness (QED) is 0.362. The summed E-state index contributed by atoms with van der Waals surface area (Å²) in [7, 11) is 0. The molecule has 0 spiro atoms. The Balaban J connectivity index is 1.28. The van der Waals surface area contributed by atoms with Crippen LogP contribution in [0.5, 0.6) is 0 Å². The smallest absolute Gasteiger partial charge is 0.252 e. The van der Waals surface area contributed by atoms with Crippen LogP contribution in [0.25, 0.3) is 21.8 Å². The minimum Gasteiger partial charge on any atom is -0.346 e. The Bertz CT molecular complexity index is 1460. The number of benzene rings is 3. The van der Waals surface area contributed by atoms with Gasteiger partial charge in [0.05, 0.1) is 29.3 Å². The van der Waals surface area contributed by atoms with Crippen LogP contribution in [0.4, 0.5) is 5.69 Å². The van der Waals surface area contributed by atoms with Gasteiger partial charge in [0.15, 0.2) is 0 Å². The van der Waals surface area contributed by atoms with Gasteiger partial charge in [-0.05, 0) is 36.4 Å². The molecule has 2 aromatic heterocycles. The fourth-order valence-electron chi connectivity index (χ4n) is 3.72. The summed E-state index contributed by atoms with van der Waals surface area (Å²) in [5, 5.41) is 15.9. The topological polar surface area (TPSA) is 102 Å². The van der Waals surface area contributed by atoms with E-state index in [-0.39, 0.29) is 24.9 Å². The number of para-hydroxylation sites is 2. The van der Waals surface area contributed by atoms with Gasteiger partial charge in [0.25, 0.3) is 5.91 Å². The first-order chi connectivity index (χ1) is 16.6. The molecule has 0 radical (unpaired) electrons. The highest BCUT2D eigenvalue weighted by Crippen LogP contribution is 2.25. The van der Waals surface area contributed by atoms with E-state index in [1.54, 1.807) is 30.5 Å². The molecule has 2 N–H and O–H groups in total. The van der Waals surface area contributed by atoms with Crippen LogP contribution in [0.3, 0.4) is 0 Å². The van der Waals surface area contributed by atoms with E-state index >= 15 is 0 Å². The minimum absolute atomic E-state index is 0.0107. The molecule has 9 heteroatoms. The number of halogens is 1. The maximum absolute atomic E-state index is 13.2. The highest BCUT2D eigenvalue weighted by atomic mass is 35.5. The van der Waals surface area contributed by atoms with Gasteiger partial charge < -0.3 is 10.6 Å². The fourth-order valence-corrected chi connectivity index (χ4v) is 3.85. The number of nitrogens with zero attached hydrogens (tertiary/aromatic N) is 4. The Kier molecular flexibility index (Phi) is 5.88. The largest absolute Gasteiger partial charge is 0.346 e. The lowest BCUT2D eigenvalue weighted by Crippen LogP contribution is -2.23. The van der Waals surface area contributed by atoms with Crippen LogP contribution < -0.4 is 10.6 Å². The SMILES string of the molecule is O=C(Cn1cc(CNC(=O)c2c3ccccc3nc3ccccc23)nn1)Nc1ccc(Cl)cc1. The molecule has 0 atom stereocenters. The molecule has 5 rings (SSSR count). The predicted octanol–water partition coefficient (Wildman–Crippen LogP) is 4.20. The monoisotopic (exact) mass is 470 g/mol. The summed E-state index contributed by atoms with van der Waals surface area (Å²) in [4.78, 5) is 30.1. The molecule has 0 bridgehead atoms. The van der Waals surface area contributed by atoms with Crippen molar-refractivity contribution in [1.29, 1.82) is 0 Å². The van der Waals surface area contributed by atoms with Crippen LogP contribution >= 0.6 is 11.6 Å². The number of amides is 2. The third-order valence-electron chi connectivity index (χ3n) is 5.26. The lowest BCUT2D eigenvalue weighted by molar-refractivity contribution is -0.116. The molecular weight excluding hydrogens is 452 g/mol. The minimum atomic E-state index is -0.252. The Morgan fingerprint density at radius 1 is 0.882 bits per heavy atom. The number of pyridine rings is 1. The first kappa shape index (κ1) is 21.5. The first-order valence-corrected chi connectivity index (χ1v) is 10.9. The molecule has 8 nitrogen and oxygen atoms in total. The van der Waals surface area contributed by atoms with Gasteiger partial charge in [-0.2, -0.15) is 0 Å². The van der Waals surface area contributed by atoms with Crippen LogP contribution in [-0.2, 0) is 17.9 Å². The fraction of sp³-hybridized carbons (Fsp3) is 0.0800. The standard InChI is InChI=1S/C25H19ClN6O2/c26-16-9-11-17(12-10-16)28-23(33)15-32-14-18(30-31-32)13-27-25(34)24-19-5-1-3-7-21(19)29-22-8-4-2-6-20(22)24/h1-12,14H,13,15H2,(H,27,34)(H,28,33). The lowest BCUT2D eigenvalue weighted by atomic mass is 10.0. The summed E-state index contributed by atoms with van der Waals surface area (Å²) in [6, 6.07) is 21.9. The van der Waals surface area contributed by atoms with Gasteiger partial charge in [0, 0.05) is 21.5 Å². The zero-order valence-electron chi connectivity index (χ0n) is 17.9. The highest BCUT2D eigenvalue weighted by Gasteiger charge is 2.16. The van der Waals surface area contributed by atoms with Crippen LogP contribution in [0.2, 0.25) is 5.02 Å². The summed E-state index contributed by atoms with van der Waals surface area (Å²) in [6.07, 6.45) is 1.63. The second-order valence-electron chi connectivity index (χ2n) is 7.67. The van der Waals surface area contributed by atoms with Gasteiger partial charge in [-0.15, -0.1) is 5.10 Å². The molecule has 34 heavy (non-hydrogen) atoms. The molecule has 0 fully saturated rings. The van der Waals surface area contributed by atoms with Crippen molar-refractivity contribution < 1.29 is 9.59 Å². The molecule has 0 unspecified atom stereocenters. The van der Waals surface area contributed by atoms with E-state index in [1.807, 2.05) is 48.5 Å². The van der Waals surface area contributed by atoms with Gasteiger partial charge >= 0.3 is 0 Å². The zero-order valence-corrected chi connectivity index (χ0v) is 18.7. The normalized spacial score (nSPS) is 11.0. The Morgan fingerprint density at radius 3 is 2.21 bits per heavy atom. The third-order valence-corrected chi connectivity index (χ3v) is 5.52. The number of fused-ring (bicyclic) bond motifs is 2. The second-order valence-corrected chi connectivity index (χ2v) is 8.10. The van der Waals surface area contributed by atoms with E-state index in [0.29, 0.717) is 22.0 Å². The zero-order chi connectivity index (χ0) is 23.5. The number of hydrogen-bond donors (Lipinski definition) is 2. The van der Waals surface area contributed by atoms with E-state index in [1.165, 1.54) is 4.68 Å². The summed E-state index contributed by atoms with van der Waals surface area (Å²) < 4.78 is 1.42. The first-order valence-electron chi connectivity index (χ1n) is 10.6. The second kappa shape index (κ2) is 9.29. The molecule has 0 aliphatic carbocycles. The highest BCUT2D eigenvalue weighted by molar-refractivity contribution is 6.30. The number of hydrogen-bond acceptors (Lipinski definition) is 5. The maximum atomic E-state index is 13.2. The van der Waals surface area contributed by atoms with Crippen LogP contribution in [0.1, 0.15) is 16.1 Å². The Hall–Kier alpha value is -4.30. The molecule has 0 aliphatic heterocycles. The number of aromatic nitrogens is 4. The lowest BCUT2D eigenvalue weighted by Gasteiger charge is -2.10. The van der Waals surface area contributed by atoms with E-state index < -0.39 is 0 Å². The average molecular weight is 471 g/mol. The van der Waals surface area contributed by atoms with Crippen molar-refractivity contribution >= 4 is 50.9 Å². The van der Waals surface area contributed by atoms with Gasteiger partial charge in [-0.3, -0.25) is 9.59 Å². The van der Waals surface area contributed by atoms with Crippen LogP contribution in [0, 0.1) is 0 Å². The number of carbonyl (C=O) groups excluding carboxylic acids is 2. The average Bonchev–Trinajstić information content (AvgIpc) is 3.29. The van der Waals surface area contributed by atoms with Crippen molar-refractivity contribution in [2.24, 2.45) is 0 Å². The van der Waals surface area contributed by atoms with Crippen LogP contribution in [-0.4, -0.2) is 31.8 Å². The molecule has 5 aromatic rings. The van der Waals surface area contributed by atoms with Crippen molar-refractivity contribution in [3.63, 3.8) is 0 Å². The molecule has 0 saturated heterocycles. The van der Waals surface area contributed by atoms with Crippen molar-refractivity contribution in [3.8, 4) is 0 Å². The molecular formula is C25H19ClN6O2. The molecule has 168 valence electrons. The van der Waals surface area contributed by atoms with Crippen molar-refractivity contribution in [2.45, 2.75) is 13.1 Å². The van der Waals surface area contributed by atoms with E-state index in [9.17, 15) is 9.59 Å². The number of nitrogens with one attached hydrogen (secondary N) is 2. The summed E-state index contributed by atoms with van der Waals surface area (Å²) in [5.74, 6) is -0.484. The number of rotatable bonds is 6. The number of carbonyl (C=O) groups is 2. The molecule has 2 heterocycles. The summed E-state index contributed by atoms with van der Waals surface area (Å²) in [6.45, 7) is 0.159. The Morgan fingerprint density at radius 2 is 1.53 bits per heavy atom. The summed E-state index contributed by atoms with van der Waals surface area (Å²) in [5.41, 5.74) is 3.25. The molecule has 0 aliphatic rings. The molecule has 3 aromatic carbocycles. The molecule has 2 amide bonds. The van der Waals surface area contributed by atoms with E-state index in [0.717, 1.165) is 21.8 Å². The Labute approximate surface area is 199 Å².